The normalized spacial score (nSPS) is 19.0. The van der Waals surface area contributed by atoms with E-state index in [4.69, 9.17) is 4.74 Å². The number of carbonyl (C=O) groups is 1. The third kappa shape index (κ3) is 3.80. The minimum Gasteiger partial charge on any atom is -0.383 e. The van der Waals surface area contributed by atoms with Crippen LogP contribution >= 0.6 is 0 Å². The highest BCUT2D eigenvalue weighted by Gasteiger charge is 2.28. The van der Waals surface area contributed by atoms with Crippen LogP contribution in [0.1, 0.15) is 25.6 Å². The summed E-state index contributed by atoms with van der Waals surface area (Å²) < 4.78 is 7.16. The van der Waals surface area contributed by atoms with Gasteiger partial charge in [-0.15, -0.1) is 0 Å². The van der Waals surface area contributed by atoms with Gasteiger partial charge in [-0.25, -0.2) is 4.98 Å². The summed E-state index contributed by atoms with van der Waals surface area (Å²) in [5.74, 6) is 1.25. The Kier molecular flexibility index (Phi) is 5.55. The number of hydrogen-bond acceptors (Lipinski definition) is 4. The maximum atomic E-state index is 11.8. The van der Waals surface area contributed by atoms with Gasteiger partial charge in [0.25, 0.3) is 0 Å². The number of likely N-dealkylation sites (tertiary alicyclic amines) is 1. The Balaban J connectivity index is 1.81. The molecule has 1 aromatic rings. The summed E-state index contributed by atoms with van der Waals surface area (Å²) in [5, 5.41) is 3.43. The van der Waals surface area contributed by atoms with Gasteiger partial charge < -0.3 is 19.5 Å². The lowest BCUT2D eigenvalue weighted by molar-refractivity contribution is -0.127. The fourth-order valence-electron chi connectivity index (χ4n) is 2.53. The maximum Gasteiger partial charge on any atom is 0.224 e. The molecule has 2 heterocycles. The minimum absolute atomic E-state index is 0.238. The number of methoxy groups -OCH3 is 1. The van der Waals surface area contributed by atoms with E-state index in [1.165, 1.54) is 0 Å². The molecule has 0 bridgehead atoms. The van der Waals surface area contributed by atoms with Crippen molar-refractivity contribution < 1.29 is 9.53 Å². The number of amides is 1. The zero-order valence-corrected chi connectivity index (χ0v) is 12.3. The molecule has 1 fully saturated rings. The van der Waals surface area contributed by atoms with E-state index in [1.54, 1.807) is 13.3 Å². The second-order valence-corrected chi connectivity index (χ2v) is 5.15. The summed E-state index contributed by atoms with van der Waals surface area (Å²) in [4.78, 5) is 18.1. The van der Waals surface area contributed by atoms with Crippen molar-refractivity contribution in [2.45, 2.75) is 38.9 Å². The van der Waals surface area contributed by atoms with Crippen LogP contribution in [0.25, 0.3) is 0 Å². The monoisotopic (exact) mass is 280 g/mol. The Hall–Kier alpha value is -1.40. The summed E-state index contributed by atoms with van der Waals surface area (Å²) >= 11 is 0. The number of nitrogens with one attached hydrogen (secondary N) is 1. The maximum absolute atomic E-state index is 11.8. The zero-order valence-electron chi connectivity index (χ0n) is 12.3. The molecule has 20 heavy (non-hydrogen) atoms. The first-order valence-corrected chi connectivity index (χ1v) is 7.24. The highest BCUT2D eigenvalue weighted by Crippen LogP contribution is 2.12. The van der Waals surface area contributed by atoms with E-state index >= 15 is 0 Å². The predicted octanol–water partition coefficient (Wildman–Crippen LogP) is 0.630. The van der Waals surface area contributed by atoms with Gasteiger partial charge in [-0.2, -0.15) is 0 Å². The number of rotatable bonds is 8. The number of carbonyl (C=O) groups excluding carboxylic acids is 1. The van der Waals surface area contributed by atoms with Gasteiger partial charge in [0.05, 0.1) is 13.2 Å². The summed E-state index contributed by atoms with van der Waals surface area (Å²) in [5.41, 5.74) is 0. The first-order chi connectivity index (χ1) is 9.74. The Morgan fingerprint density at radius 2 is 2.35 bits per heavy atom. The van der Waals surface area contributed by atoms with Crippen LogP contribution in [0, 0.1) is 0 Å². The van der Waals surface area contributed by atoms with Gasteiger partial charge in [0.2, 0.25) is 5.91 Å². The molecule has 1 saturated heterocycles. The molecule has 6 heteroatoms. The lowest BCUT2D eigenvalue weighted by Gasteiger charge is -2.16. The molecule has 0 radical (unpaired) electrons. The first kappa shape index (κ1) is 15.0. The highest BCUT2D eigenvalue weighted by atomic mass is 16.5. The van der Waals surface area contributed by atoms with Crippen molar-refractivity contribution in [3.8, 4) is 0 Å². The Morgan fingerprint density at radius 1 is 1.50 bits per heavy atom. The molecule has 1 aliphatic rings. The fourth-order valence-corrected chi connectivity index (χ4v) is 2.53. The van der Waals surface area contributed by atoms with Crippen LogP contribution in [0.2, 0.25) is 0 Å². The van der Waals surface area contributed by atoms with E-state index in [1.807, 2.05) is 11.1 Å². The molecule has 0 saturated carbocycles. The summed E-state index contributed by atoms with van der Waals surface area (Å²) in [7, 11) is 1.70. The number of imidazole rings is 1. The Labute approximate surface area is 120 Å². The van der Waals surface area contributed by atoms with Gasteiger partial charge in [-0.05, 0) is 6.42 Å². The molecule has 0 aromatic carbocycles. The van der Waals surface area contributed by atoms with Crippen LogP contribution in [0.5, 0.6) is 0 Å². The van der Waals surface area contributed by atoms with E-state index in [-0.39, 0.29) is 11.9 Å². The lowest BCUT2D eigenvalue weighted by Crippen LogP contribution is -2.33. The smallest absolute Gasteiger partial charge is 0.224 e. The van der Waals surface area contributed by atoms with Gasteiger partial charge in [-0.1, -0.05) is 6.92 Å². The second-order valence-electron chi connectivity index (χ2n) is 5.15. The molecule has 0 spiro atoms. The lowest BCUT2D eigenvalue weighted by atomic mass is 10.2. The third-order valence-electron chi connectivity index (χ3n) is 3.59. The van der Waals surface area contributed by atoms with Crippen molar-refractivity contribution in [2.75, 3.05) is 26.8 Å². The standard InChI is InChI=1S/C14H24N4O2/c1-3-5-18-11-12(9-14(18)19)16-10-13-15-4-6-17(13)7-8-20-2/h4,6,12,16H,3,5,7-11H2,1-2H3/t12-/m0/s1. The van der Waals surface area contributed by atoms with Crippen LogP contribution in [-0.4, -0.2) is 53.2 Å². The summed E-state index contributed by atoms with van der Waals surface area (Å²) in [6, 6.07) is 0.238. The molecule has 112 valence electrons. The van der Waals surface area contributed by atoms with E-state index in [2.05, 4.69) is 21.8 Å². The second kappa shape index (κ2) is 7.40. The molecule has 0 unspecified atom stereocenters. The fraction of sp³-hybridized carbons (Fsp3) is 0.714. The summed E-state index contributed by atoms with van der Waals surface area (Å²) in [6.45, 7) is 5.94. The van der Waals surface area contributed by atoms with Crippen molar-refractivity contribution in [1.82, 2.24) is 19.8 Å². The molecule has 0 aliphatic carbocycles. The molecule has 1 aliphatic heterocycles. The van der Waals surface area contributed by atoms with Gasteiger partial charge >= 0.3 is 0 Å². The molecule has 1 N–H and O–H groups in total. The number of ether oxygens (including phenoxy) is 1. The topological polar surface area (TPSA) is 59.4 Å². The predicted molar refractivity (Wildman–Crippen MR) is 76.2 cm³/mol. The average Bonchev–Trinajstić information content (AvgIpc) is 3.02. The van der Waals surface area contributed by atoms with Crippen LogP contribution in [0.3, 0.4) is 0 Å². The van der Waals surface area contributed by atoms with Gasteiger partial charge in [0, 0.05) is 51.6 Å². The summed E-state index contributed by atoms with van der Waals surface area (Å²) in [6.07, 6.45) is 5.37. The zero-order chi connectivity index (χ0) is 14.4. The number of aromatic nitrogens is 2. The van der Waals surface area contributed by atoms with Gasteiger partial charge in [0.1, 0.15) is 5.82 Å². The van der Waals surface area contributed by atoms with E-state index < -0.39 is 0 Å². The van der Waals surface area contributed by atoms with Crippen molar-refractivity contribution in [3.63, 3.8) is 0 Å². The molecule has 6 nitrogen and oxygen atoms in total. The minimum atomic E-state index is 0.238. The van der Waals surface area contributed by atoms with E-state index in [0.29, 0.717) is 19.6 Å². The largest absolute Gasteiger partial charge is 0.383 e. The Morgan fingerprint density at radius 3 is 3.10 bits per heavy atom. The quantitative estimate of drug-likeness (QED) is 0.759. The van der Waals surface area contributed by atoms with Crippen molar-refractivity contribution in [1.29, 1.82) is 0 Å². The molecular formula is C14H24N4O2. The molecule has 1 atom stereocenters. The first-order valence-electron chi connectivity index (χ1n) is 7.24. The van der Waals surface area contributed by atoms with Crippen molar-refractivity contribution >= 4 is 5.91 Å². The van der Waals surface area contributed by atoms with Gasteiger partial charge in [-0.3, -0.25) is 4.79 Å². The number of nitrogens with zero attached hydrogens (tertiary/aromatic N) is 3. The van der Waals surface area contributed by atoms with Crippen molar-refractivity contribution in [2.24, 2.45) is 0 Å². The number of hydrogen-bond donors (Lipinski definition) is 1. The average molecular weight is 280 g/mol. The molecule has 1 aromatic heterocycles. The van der Waals surface area contributed by atoms with Crippen LogP contribution in [-0.2, 0) is 22.6 Å². The third-order valence-corrected chi connectivity index (χ3v) is 3.59. The molecule has 2 rings (SSSR count). The Bertz CT molecular complexity index is 433. The van der Waals surface area contributed by atoms with Crippen molar-refractivity contribution in [3.05, 3.63) is 18.2 Å². The molecular weight excluding hydrogens is 256 g/mol. The SMILES string of the molecule is CCCN1C[C@@H](NCc2nccn2CCOC)CC1=O. The van der Waals surface area contributed by atoms with Gasteiger partial charge in [0.15, 0.2) is 0 Å². The van der Waals surface area contributed by atoms with Crippen LogP contribution < -0.4 is 5.32 Å². The highest BCUT2D eigenvalue weighted by molar-refractivity contribution is 5.79. The van der Waals surface area contributed by atoms with Crippen LogP contribution in [0.15, 0.2) is 12.4 Å². The van der Waals surface area contributed by atoms with Crippen LogP contribution in [0.4, 0.5) is 0 Å². The molecule has 1 amide bonds. The van der Waals surface area contributed by atoms with E-state index in [0.717, 1.165) is 31.9 Å². The van der Waals surface area contributed by atoms with E-state index in [9.17, 15) is 4.79 Å².